The molecule has 1 saturated heterocycles. The molecule has 1 aromatic carbocycles. The molecule has 2 heterocycles. The third kappa shape index (κ3) is 3.27. The molecule has 0 unspecified atom stereocenters. The summed E-state index contributed by atoms with van der Waals surface area (Å²) in [6.45, 7) is 7.95. The monoisotopic (exact) mass is 302 g/mol. The zero-order valence-corrected chi connectivity index (χ0v) is 13.1. The molecule has 3 rings (SSSR count). The lowest BCUT2D eigenvalue weighted by Crippen LogP contribution is -2.46. The average Bonchev–Trinajstić information content (AvgIpc) is 2.46. The highest BCUT2D eigenvalue weighted by Crippen LogP contribution is 2.21. The lowest BCUT2D eigenvalue weighted by atomic mass is 10.2. The Morgan fingerprint density at radius 3 is 2.33 bits per heavy atom. The standard InChI is InChI=1S/C16H19ClN4/c1-12-4-3-5-14(10-12)20-6-8-21(9-7-20)15-11-13(2)18-16(17)19-15/h3-5,10-11H,6-9H2,1-2H3. The number of hydrogen-bond donors (Lipinski definition) is 0. The fourth-order valence-electron chi connectivity index (χ4n) is 2.70. The molecule has 1 fully saturated rings. The third-order valence-electron chi connectivity index (χ3n) is 3.78. The van der Waals surface area contributed by atoms with Crippen LogP contribution in [0.15, 0.2) is 30.3 Å². The smallest absolute Gasteiger partial charge is 0.224 e. The van der Waals surface area contributed by atoms with Crippen molar-refractivity contribution in [1.82, 2.24) is 9.97 Å². The summed E-state index contributed by atoms with van der Waals surface area (Å²) in [5.41, 5.74) is 3.51. The third-order valence-corrected chi connectivity index (χ3v) is 3.95. The van der Waals surface area contributed by atoms with E-state index < -0.39 is 0 Å². The largest absolute Gasteiger partial charge is 0.368 e. The molecule has 1 aromatic heterocycles. The van der Waals surface area contributed by atoms with Gasteiger partial charge in [-0.3, -0.25) is 0 Å². The predicted molar refractivity (Wildman–Crippen MR) is 87.4 cm³/mol. The molecule has 2 aromatic rings. The second-order valence-corrected chi connectivity index (χ2v) is 5.79. The van der Waals surface area contributed by atoms with E-state index in [1.54, 1.807) is 0 Å². The van der Waals surface area contributed by atoms with Crippen LogP contribution in [0.4, 0.5) is 11.5 Å². The quantitative estimate of drug-likeness (QED) is 0.798. The molecule has 0 bridgehead atoms. The van der Waals surface area contributed by atoms with Crippen molar-refractivity contribution in [3.05, 3.63) is 46.9 Å². The topological polar surface area (TPSA) is 32.3 Å². The van der Waals surface area contributed by atoms with Crippen LogP contribution >= 0.6 is 11.6 Å². The van der Waals surface area contributed by atoms with Crippen LogP contribution < -0.4 is 9.80 Å². The van der Waals surface area contributed by atoms with Crippen molar-refractivity contribution in [1.29, 1.82) is 0 Å². The van der Waals surface area contributed by atoms with Gasteiger partial charge in [0.05, 0.1) is 0 Å². The molecule has 21 heavy (non-hydrogen) atoms. The van der Waals surface area contributed by atoms with E-state index in [0.29, 0.717) is 5.28 Å². The van der Waals surface area contributed by atoms with E-state index >= 15 is 0 Å². The molecule has 4 nitrogen and oxygen atoms in total. The van der Waals surface area contributed by atoms with Gasteiger partial charge in [-0.2, -0.15) is 0 Å². The Morgan fingerprint density at radius 1 is 0.952 bits per heavy atom. The minimum atomic E-state index is 0.325. The van der Waals surface area contributed by atoms with Crippen molar-refractivity contribution in [2.24, 2.45) is 0 Å². The normalized spacial score (nSPS) is 15.4. The minimum absolute atomic E-state index is 0.325. The van der Waals surface area contributed by atoms with Crippen LogP contribution in [-0.4, -0.2) is 36.1 Å². The maximum Gasteiger partial charge on any atom is 0.224 e. The van der Waals surface area contributed by atoms with Crippen LogP contribution in [0.1, 0.15) is 11.3 Å². The molecule has 0 saturated carbocycles. The number of aryl methyl sites for hydroxylation is 2. The molecular formula is C16H19ClN4. The van der Waals surface area contributed by atoms with Gasteiger partial charge >= 0.3 is 0 Å². The first kappa shape index (κ1) is 14.1. The van der Waals surface area contributed by atoms with E-state index in [-0.39, 0.29) is 0 Å². The van der Waals surface area contributed by atoms with Crippen LogP contribution in [0.5, 0.6) is 0 Å². The highest BCUT2D eigenvalue weighted by atomic mass is 35.5. The molecule has 1 aliphatic rings. The van der Waals surface area contributed by atoms with Crippen molar-refractivity contribution in [2.45, 2.75) is 13.8 Å². The Bertz CT molecular complexity index is 616. The number of rotatable bonds is 2. The van der Waals surface area contributed by atoms with E-state index in [0.717, 1.165) is 37.7 Å². The minimum Gasteiger partial charge on any atom is -0.368 e. The molecule has 0 aliphatic carbocycles. The summed E-state index contributed by atoms with van der Waals surface area (Å²) >= 11 is 5.95. The first-order valence-corrected chi connectivity index (χ1v) is 7.57. The molecule has 0 atom stereocenters. The number of halogens is 1. The highest BCUT2D eigenvalue weighted by Gasteiger charge is 2.19. The lowest BCUT2D eigenvalue weighted by molar-refractivity contribution is 0.646. The van der Waals surface area contributed by atoms with Crippen molar-refractivity contribution in [2.75, 3.05) is 36.0 Å². The van der Waals surface area contributed by atoms with Gasteiger partial charge in [0.15, 0.2) is 0 Å². The van der Waals surface area contributed by atoms with Gasteiger partial charge in [0.1, 0.15) is 5.82 Å². The van der Waals surface area contributed by atoms with Gasteiger partial charge in [-0.25, -0.2) is 9.97 Å². The van der Waals surface area contributed by atoms with Crippen LogP contribution in [0, 0.1) is 13.8 Å². The number of aromatic nitrogens is 2. The van der Waals surface area contributed by atoms with Crippen LogP contribution in [-0.2, 0) is 0 Å². The molecule has 5 heteroatoms. The van der Waals surface area contributed by atoms with Crippen molar-refractivity contribution in [3.8, 4) is 0 Å². The highest BCUT2D eigenvalue weighted by molar-refractivity contribution is 6.28. The summed E-state index contributed by atoms with van der Waals surface area (Å²) in [6, 6.07) is 10.7. The first-order valence-electron chi connectivity index (χ1n) is 7.19. The van der Waals surface area contributed by atoms with Gasteiger partial charge < -0.3 is 9.80 Å². The lowest BCUT2D eigenvalue weighted by Gasteiger charge is -2.36. The molecule has 0 amide bonds. The maximum absolute atomic E-state index is 5.95. The zero-order chi connectivity index (χ0) is 14.8. The summed E-state index contributed by atoms with van der Waals surface area (Å²) in [7, 11) is 0. The zero-order valence-electron chi connectivity index (χ0n) is 12.4. The van der Waals surface area contributed by atoms with E-state index in [9.17, 15) is 0 Å². The Hall–Kier alpha value is -1.81. The summed E-state index contributed by atoms with van der Waals surface area (Å²) < 4.78 is 0. The summed E-state index contributed by atoms with van der Waals surface area (Å²) in [6.07, 6.45) is 0. The Kier molecular flexibility index (Phi) is 3.97. The van der Waals surface area contributed by atoms with Crippen molar-refractivity contribution in [3.63, 3.8) is 0 Å². The van der Waals surface area contributed by atoms with Crippen LogP contribution in [0.2, 0.25) is 5.28 Å². The summed E-state index contributed by atoms with van der Waals surface area (Å²) in [5.74, 6) is 0.927. The summed E-state index contributed by atoms with van der Waals surface area (Å²) in [4.78, 5) is 13.1. The fourth-order valence-corrected chi connectivity index (χ4v) is 2.92. The van der Waals surface area contributed by atoms with Gasteiger partial charge in [-0.1, -0.05) is 12.1 Å². The SMILES string of the molecule is Cc1cccc(N2CCN(c3cc(C)nc(Cl)n3)CC2)c1. The van der Waals surface area contributed by atoms with Crippen molar-refractivity contribution < 1.29 is 0 Å². The number of piperazine rings is 1. The molecular weight excluding hydrogens is 284 g/mol. The average molecular weight is 303 g/mol. The molecule has 110 valence electrons. The number of nitrogens with zero attached hydrogens (tertiary/aromatic N) is 4. The van der Waals surface area contributed by atoms with E-state index in [1.165, 1.54) is 11.3 Å². The number of anilines is 2. The van der Waals surface area contributed by atoms with Crippen LogP contribution in [0.3, 0.4) is 0 Å². The number of hydrogen-bond acceptors (Lipinski definition) is 4. The Morgan fingerprint density at radius 2 is 1.67 bits per heavy atom. The molecule has 0 spiro atoms. The fraction of sp³-hybridized carbons (Fsp3) is 0.375. The predicted octanol–water partition coefficient (Wildman–Crippen LogP) is 3.07. The van der Waals surface area contributed by atoms with E-state index in [4.69, 9.17) is 11.6 Å². The second-order valence-electron chi connectivity index (χ2n) is 5.45. The van der Waals surface area contributed by atoms with Gasteiger partial charge in [-0.15, -0.1) is 0 Å². The molecule has 1 aliphatic heterocycles. The van der Waals surface area contributed by atoms with E-state index in [2.05, 4.69) is 51.0 Å². The van der Waals surface area contributed by atoms with Gasteiger partial charge in [0.2, 0.25) is 5.28 Å². The number of benzene rings is 1. The summed E-state index contributed by atoms with van der Waals surface area (Å²) in [5, 5.41) is 0.325. The molecule has 0 radical (unpaired) electrons. The maximum atomic E-state index is 5.95. The van der Waals surface area contributed by atoms with Crippen molar-refractivity contribution >= 4 is 23.1 Å². The van der Waals surface area contributed by atoms with Gasteiger partial charge in [0, 0.05) is 43.6 Å². The Balaban J connectivity index is 1.70. The van der Waals surface area contributed by atoms with E-state index in [1.807, 2.05) is 13.0 Å². The van der Waals surface area contributed by atoms with Gasteiger partial charge in [0.25, 0.3) is 0 Å². The second kappa shape index (κ2) is 5.90. The van der Waals surface area contributed by atoms with Crippen LogP contribution in [0.25, 0.3) is 0 Å². The molecule has 0 N–H and O–H groups in total. The van der Waals surface area contributed by atoms with Gasteiger partial charge in [-0.05, 0) is 43.1 Å². The first-order chi connectivity index (χ1) is 10.1. The Labute approximate surface area is 130 Å².